The summed E-state index contributed by atoms with van der Waals surface area (Å²) in [6.45, 7) is -0.252. The lowest BCUT2D eigenvalue weighted by molar-refractivity contribution is -0.137. The van der Waals surface area contributed by atoms with Crippen molar-refractivity contribution in [1.29, 1.82) is 0 Å². The first kappa shape index (κ1) is 14.2. The molecule has 100 valence electrons. The first-order chi connectivity index (χ1) is 9.02. The van der Waals surface area contributed by atoms with Crippen molar-refractivity contribution in [3.8, 4) is 0 Å². The number of β-amino-alcohol motifs (C(OH)–C–C–N with tert-alkyl or cyclic N) is 1. The second-order valence-corrected chi connectivity index (χ2v) is 5.60. The Hall–Kier alpha value is -1.18. The van der Waals surface area contributed by atoms with Crippen LogP contribution in [-0.4, -0.2) is 35.0 Å². The van der Waals surface area contributed by atoms with Crippen LogP contribution in [0, 0.1) is 0 Å². The van der Waals surface area contributed by atoms with E-state index in [0.717, 1.165) is 13.8 Å². The van der Waals surface area contributed by atoms with Gasteiger partial charge >= 0.3 is 0 Å². The molecule has 1 heterocycles. The molecule has 1 aliphatic heterocycles. The molecule has 1 aromatic carbocycles. The van der Waals surface area contributed by atoms with Crippen LogP contribution in [0.5, 0.6) is 0 Å². The molecule has 0 unspecified atom stereocenters. The molecule has 0 atom stereocenters. The van der Waals surface area contributed by atoms with E-state index in [2.05, 4.69) is 37.2 Å². The van der Waals surface area contributed by atoms with Crippen LogP contribution in [0.15, 0.2) is 38.9 Å². The summed E-state index contributed by atoms with van der Waals surface area (Å²) in [5.74, 6) is -0.862. The predicted octanol–water partition coefficient (Wildman–Crippen LogP) is 1.87. The Morgan fingerprint density at radius 2 is 2.00 bits per heavy atom. The number of rotatable bonds is 4. The number of hydrogen-bond donors (Lipinski definition) is 2. The molecule has 2 N–H and O–H groups in total. The van der Waals surface area contributed by atoms with E-state index in [9.17, 15) is 9.59 Å². The van der Waals surface area contributed by atoms with Gasteiger partial charge in [0.05, 0.1) is 18.8 Å². The Morgan fingerprint density at radius 1 is 1.26 bits per heavy atom. The second-order valence-electron chi connectivity index (χ2n) is 3.83. The lowest BCUT2D eigenvalue weighted by atomic mass is 10.3. The fourth-order valence-corrected chi connectivity index (χ4v) is 2.36. The largest absolute Gasteiger partial charge is 0.395 e. The van der Waals surface area contributed by atoms with E-state index in [1.165, 1.54) is 6.08 Å². The molecule has 0 saturated heterocycles. The molecular weight excluding hydrogens is 380 g/mol. The van der Waals surface area contributed by atoms with Crippen LogP contribution in [0.4, 0.5) is 5.69 Å². The van der Waals surface area contributed by atoms with E-state index in [4.69, 9.17) is 5.11 Å². The van der Waals surface area contributed by atoms with Crippen LogP contribution in [-0.2, 0) is 9.59 Å². The highest BCUT2D eigenvalue weighted by molar-refractivity contribution is 9.11. The topological polar surface area (TPSA) is 69.6 Å². The van der Waals surface area contributed by atoms with Gasteiger partial charge in [-0.25, -0.2) is 0 Å². The number of imide groups is 1. The highest BCUT2D eigenvalue weighted by Gasteiger charge is 2.30. The summed E-state index contributed by atoms with van der Waals surface area (Å²) in [6, 6.07) is 5.46. The van der Waals surface area contributed by atoms with Crippen molar-refractivity contribution >= 4 is 49.4 Å². The van der Waals surface area contributed by atoms with Crippen molar-refractivity contribution in [1.82, 2.24) is 4.90 Å². The third-order valence-electron chi connectivity index (χ3n) is 2.53. The SMILES string of the molecule is O=C1C=C(Nc2cc(Br)ccc2Br)C(=O)N1CCO. The minimum Gasteiger partial charge on any atom is -0.395 e. The van der Waals surface area contributed by atoms with Gasteiger partial charge in [-0.05, 0) is 34.1 Å². The number of hydrogen-bond acceptors (Lipinski definition) is 4. The van der Waals surface area contributed by atoms with E-state index in [0.29, 0.717) is 5.69 Å². The summed E-state index contributed by atoms with van der Waals surface area (Å²) < 4.78 is 1.63. The standard InChI is InChI=1S/C12H10Br2N2O3/c13-7-1-2-8(14)9(5-7)15-10-6-11(18)16(3-4-17)12(10)19/h1-2,5-6,15,17H,3-4H2. The summed E-state index contributed by atoms with van der Waals surface area (Å²) in [4.78, 5) is 24.5. The molecule has 7 heteroatoms. The molecule has 0 fully saturated rings. The molecule has 0 spiro atoms. The van der Waals surface area contributed by atoms with Gasteiger partial charge < -0.3 is 10.4 Å². The maximum Gasteiger partial charge on any atom is 0.277 e. The van der Waals surface area contributed by atoms with Crippen LogP contribution in [0.1, 0.15) is 0 Å². The van der Waals surface area contributed by atoms with E-state index in [1.54, 1.807) is 6.07 Å². The average molecular weight is 390 g/mol. The summed E-state index contributed by atoms with van der Waals surface area (Å²) in [6.07, 6.45) is 1.23. The molecule has 0 bridgehead atoms. The number of amides is 2. The highest BCUT2D eigenvalue weighted by atomic mass is 79.9. The first-order valence-electron chi connectivity index (χ1n) is 5.43. The van der Waals surface area contributed by atoms with Crippen molar-refractivity contribution in [3.05, 3.63) is 38.9 Å². The zero-order chi connectivity index (χ0) is 14.0. The molecule has 0 radical (unpaired) electrons. The van der Waals surface area contributed by atoms with Crippen molar-refractivity contribution in [2.45, 2.75) is 0 Å². The molecule has 0 aliphatic carbocycles. The van der Waals surface area contributed by atoms with Crippen LogP contribution in [0.2, 0.25) is 0 Å². The zero-order valence-electron chi connectivity index (χ0n) is 9.69. The second kappa shape index (κ2) is 5.85. The lowest BCUT2D eigenvalue weighted by Gasteiger charge is -2.14. The van der Waals surface area contributed by atoms with Gasteiger partial charge in [-0.15, -0.1) is 0 Å². The van der Waals surface area contributed by atoms with Gasteiger partial charge in [-0.3, -0.25) is 14.5 Å². The Kier molecular flexibility index (Phi) is 4.38. The minimum absolute atomic E-state index is 0.000992. The van der Waals surface area contributed by atoms with Gasteiger partial charge in [0.25, 0.3) is 11.8 Å². The maximum absolute atomic E-state index is 11.9. The quantitative estimate of drug-likeness (QED) is 0.771. The Morgan fingerprint density at radius 3 is 2.68 bits per heavy atom. The van der Waals surface area contributed by atoms with Crippen LogP contribution >= 0.6 is 31.9 Å². The van der Waals surface area contributed by atoms with E-state index >= 15 is 0 Å². The number of benzene rings is 1. The lowest BCUT2D eigenvalue weighted by Crippen LogP contribution is -2.34. The number of carbonyl (C=O) groups is 2. The van der Waals surface area contributed by atoms with Crippen molar-refractivity contribution < 1.29 is 14.7 Å². The van der Waals surface area contributed by atoms with Crippen LogP contribution in [0.3, 0.4) is 0 Å². The van der Waals surface area contributed by atoms with Gasteiger partial charge in [0.2, 0.25) is 0 Å². The third kappa shape index (κ3) is 3.05. The Labute approximate surface area is 126 Å². The predicted molar refractivity (Wildman–Crippen MR) is 77.4 cm³/mol. The van der Waals surface area contributed by atoms with Gasteiger partial charge in [0.15, 0.2) is 0 Å². The Bertz CT molecular complexity index is 572. The molecule has 2 rings (SSSR count). The number of aliphatic hydroxyl groups is 1. The normalized spacial score (nSPS) is 14.9. The van der Waals surface area contributed by atoms with Crippen LogP contribution < -0.4 is 5.32 Å². The molecule has 19 heavy (non-hydrogen) atoms. The highest BCUT2D eigenvalue weighted by Crippen LogP contribution is 2.28. The molecule has 1 aromatic rings. The third-order valence-corrected chi connectivity index (χ3v) is 3.72. The number of aliphatic hydroxyl groups excluding tert-OH is 1. The number of halogens is 2. The van der Waals surface area contributed by atoms with Crippen LogP contribution in [0.25, 0.3) is 0 Å². The zero-order valence-corrected chi connectivity index (χ0v) is 12.9. The fourth-order valence-electron chi connectivity index (χ4n) is 1.65. The van der Waals surface area contributed by atoms with Crippen molar-refractivity contribution in [2.75, 3.05) is 18.5 Å². The fraction of sp³-hybridized carbons (Fsp3) is 0.167. The first-order valence-corrected chi connectivity index (χ1v) is 7.02. The number of anilines is 1. The summed E-state index contributed by atoms with van der Waals surface area (Å²) >= 11 is 6.69. The number of nitrogens with one attached hydrogen (secondary N) is 1. The van der Waals surface area contributed by atoms with E-state index < -0.39 is 11.8 Å². The summed E-state index contributed by atoms with van der Waals surface area (Å²) in [5, 5.41) is 11.7. The van der Waals surface area contributed by atoms with E-state index in [1.807, 2.05) is 12.1 Å². The summed E-state index contributed by atoms with van der Waals surface area (Å²) in [5.41, 5.74) is 0.866. The summed E-state index contributed by atoms with van der Waals surface area (Å²) in [7, 11) is 0. The smallest absolute Gasteiger partial charge is 0.277 e. The van der Waals surface area contributed by atoms with Gasteiger partial charge in [0, 0.05) is 15.0 Å². The molecule has 5 nitrogen and oxygen atoms in total. The Balaban J connectivity index is 2.20. The monoisotopic (exact) mass is 388 g/mol. The minimum atomic E-state index is -0.439. The number of nitrogens with zero attached hydrogens (tertiary/aromatic N) is 1. The van der Waals surface area contributed by atoms with Gasteiger partial charge in [-0.2, -0.15) is 0 Å². The number of carbonyl (C=O) groups excluding carboxylic acids is 2. The van der Waals surface area contributed by atoms with Crippen molar-refractivity contribution in [2.24, 2.45) is 0 Å². The molecule has 0 saturated carbocycles. The maximum atomic E-state index is 11.9. The molecule has 0 aromatic heterocycles. The average Bonchev–Trinajstić information content (AvgIpc) is 2.62. The van der Waals surface area contributed by atoms with Crippen molar-refractivity contribution in [3.63, 3.8) is 0 Å². The van der Waals surface area contributed by atoms with Gasteiger partial charge in [0.1, 0.15) is 5.70 Å². The molecular formula is C12H10Br2N2O3. The van der Waals surface area contributed by atoms with Gasteiger partial charge in [-0.1, -0.05) is 15.9 Å². The molecule has 2 amide bonds. The molecule has 1 aliphatic rings. The van der Waals surface area contributed by atoms with E-state index in [-0.39, 0.29) is 18.8 Å².